The van der Waals surface area contributed by atoms with Crippen molar-refractivity contribution in [3.63, 3.8) is 0 Å². The smallest absolute Gasteiger partial charge is 0.266 e. The third-order valence-electron chi connectivity index (χ3n) is 4.28. The van der Waals surface area contributed by atoms with Crippen molar-refractivity contribution in [3.8, 4) is 11.3 Å². The third kappa shape index (κ3) is 3.86. The monoisotopic (exact) mass is 311 g/mol. The van der Waals surface area contributed by atoms with Gasteiger partial charge in [-0.15, -0.1) is 0 Å². The minimum absolute atomic E-state index is 0.106. The Morgan fingerprint density at radius 2 is 1.87 bits per heavy atom. The second kappa shape index (κ2) is 7.22. The van der Waals surface area contributed by atoms with Gasteiger partial charge in [0.05, 0.1) is 12.2 Å². The fraction of sp³-hybridized carbons (Fsp3) is 0.389. The molecule has 1 fully saturated rings. The van der Waals surface area contributed by atoms with E-state index in [0.717, 1.165) is 36.9 Å². The van der Waals surface area contributed by atoms with Gasteiger partial charge in [0.2, 0.25) is 5.91 Å². The molecule has 1 aliphatic carbocycles. The zero-order valence-corrected chi connectivity index (χ0v) is 13.1. The molecule has 0 aliphatic heterocycles. The average Bonchev–Trinajstić information content (AvgIpc) is 3.12. The summed E-state index contributed by atoms with van der Waals surface area (Å²) in [6.07, 6.45) is 4.23. The zero-order valence-electron chi connectivity index (χ0n) is 13.1. The number of aromatic nitrogens is 2. The summed E-state index contributed by atoms with van der Waals surface area (Å²) >= 11 is 0. The van der Waals surface area contributed by atoms with E-state index in [-0.39, 0.29) is 17.4 Å². The number of rotatable bonds is 5. The van der Waals surface area contributed by atoms with Crippen molar-refractivity contribution in [1.82, 2.24) is 15.1 Å². The van der Waals surface area contributed by atoms with Crippen molar-refractivity contribution < 1.29 is 4.79 Å². The summed E-state index contributed by atoms with van der Waals surface area (Å²) in [4.78, 5) is 23.9. The van der Waals surface area contributed by atoms with E-state index in [2.05, 4.69) is 10.4 Å². The second-order valence-corrected chi connectivity index (χ2v) is 5.92. The summed E-state index contributed by atoms with van der Waals surface area (Å²) in [6, 6.07) is 13.0. The molecule has 23 heavy (non-hydrogen) atoms. The van der Waals surface area contributed by atoms with Gasteiger partial charge >= 0.3 is 0 Å². The molecule has 0 spiro atoms. The molecule has 1 saturated carbocycles. The van der Waals surface area contributed by atoms with Gasteiger partial charge in [-0.2, -0.15) is 5.10 Å². The molecule has 120 valence electrons. The molecule has 2 aromatic rings. The van der Waals surface area contributed by atoms with Crippen molar-refractivity contribution in [2.45, 2.75) is 32.2 Å². The number of carbonyl (C=O) groups is 1. The number of nitrogens with zero attached hydrogens (tertiary/aromatic N) is 2. The van der Waals surface area contributed by atoms with E-state index in [1.807, 2.05) is 30.3 Å². The van der Waals surface area contributed by atoms with E-state index in [1.54, 1.807) is 6.07 Å². The van der Waals surface area contributed by atoms with Crippen molar-refractivity contribution >= 4 is 5.91 Å². The van der Waals surface area contributed by atoms with Crippen molar-refractivity contribution in [2.24, 2.45) is 5.92 Å². The molecular weight excluding hydrogens is 290 g/mol. The lowest BCUT2D eigenvalue weighted by Gasteiger charge is -2.11. The van der Waals surface area contributed by atoms with Gasteiger partial charge in [-0.1, -0.05) is 43.2 Å². The summed E-state index contributed by atoms with van der Waals surface area (Å²) in [5.41, 5.74) is 1.57. The van der Waals surface area contributed by atoms with E-state index in [1.165, 1.54) is 10.7 Å². The van der Waals surface area contributed by atoms with Gasteiger partial charge in [-0.05, 0) is 18.9 Å². The molecule has 5 heteroatoms. The Balaban J connectivity index is 1.63. The lowest BCUT2D eigenvalue weighted by Crippen LogP contribution is -2.34. The Labute approximate surface area is 135 Å². The number of amides is 1. The van der Waals surface area contributed by atoms with Gasteiger partial charge < -0.3 is 5.32 Å². The van der Waals surface area contributed by atoms with Crippen LogP contribution in [0.4, 0.5) is 0 Å². The summed E-state index contributed by atoms with van der Waals surface area (Å²) < 4.78 is 1.41. The van der Waals surface area contributed by atoms with Crippen LogP contribution in [-0.4, -0.2) is 22.2 Å². The zero-order chi connectivity index (χ0) is 16.1. The van der Waals surface area contributed by atoms with Gasteiger partial charge in [0.25, 0.3) is 5.56 Å². The number of hydrogen-bond donors (Lipinski definition) is 1. The first-order valence-corrected chi connectivity index (χ1v) is 8.15. The molecule has 5 nitrogen and oxygen atoms in total. The van der Waals surface area contributed by atoms with E-state index >= 15 is 0 Å². The van der Waals surface area contributed by atoms with Gasteiger partial charge in [-0.3, -0.25) is 9.59 Å². The standard InChI is InChI=1S/C18H21N3O2/c22-17-11-10-16(14-6-2-1-3-7-14)20-21(17)13-12-19-18(23)15-8-4-5-9-15/h1-3,6-7,10-11,15H,4-5,8-9,12-13H2,(H,19,23). The topological polar surface area (TPSA) is 64.0 Å². The first-order chi connectivity index (χ1) is 11.2. The molecule has 3 rings (SSSR count). The van der Waals surface area contributed by atoms with Crippen molar-refractivity contribution in [3.05, 3.63) is 52.8 Å². The summed E-state index contributed by atoms with van der Waals surface area (Å²) in [7, 11) is 0. The highest BCUT2D eigenvalue weighted by Gasteiger charge is 2.21. The lowest BCUT2D eigenvalue weighted by atomic mass is 10.1. The normalized spacial score (nSPS) is 14.8. The van der Waals surface area contributed by atoms with E-state index < -0.39 is 0 Å². The Hall–Kier alpha value is -2.43. The van der Waals surface area contributed by atoms with Crippen LogP contribution in [-0.2, 0) is 11.3 Å². The fourth-order valence-electron chi connectivity index (χ4n) is 2.99. The number of hydrogen-bond acceptors (Lipinski definition) is 3. The van der Waals surface area contributed by atoms with Crippen LogP contribution in [0, 0.1) is 5.92 Å². The molecule has 1 amide bonds. The van der Waals surface area contributed by atoms with Crippen LogP contribution in [0.2, 0.25) is 0 Å². The maximum absolute atomic E-state index is 12.0. The Kier molecular flexibility index (Phi) is 4.86. The highest BCUT2D eigenvalue weighted by atomic mass is 16.2. The largest absolute Gasteiger partial charge is 0.354 e. The lowest BCUT2D eigenvalue weighted by molar-refractivity contribution is -0.124. The number of benzene rings is 1. The predicted molar refractivity (Wildman–Crippen MR) is 88.9 cm³/mol. The van der Waals surface area contributed by atoms with Crippen LogP contribution >= 0.6 is 0 Å². The maximum atomic E-state index is 12.0. The van der Waals surface area contributed by atoms with Crippen LogP contribution in [0.3, 0.4) is 0 Å². The van der Waals surface area contributed by atoms with Gasteiger partial charge in [0, 0.05) is 24.1 Å². The first kappa shape index (κ1) is 15.5. The van der Waals surface area contributed by atoms with Gasteiger partial charge in [0.15, 0.2) is 0 Å². The maximum Gasteiger partial charge on any atom is 0.266 e. The summed E-state index contributed by atoms with van der Waals surface area (Å²) in [5.74, 6) is 0.255. The minimum atomic E-state index is -0.153. The number of nitrogens with one attached hydrogen (secondary N) is 1. The molecule has 0 bridgehead atoms. The van der Waals surface area contributed by atoms with Gasteiger partial charge in [0.1, 0.15) is 0 Å². The van der Waals surface area contributed by atoms with Crippen molar-refractivity contribution in [1.29, 1.82) is 0 Å². The second-order valence-electron chi connectivity index (χ2n) is 5.92. The molecule has 1 heterocycles. The van der Waals surface area contributed by atoms with Gasteiger partial charge in [-0.25, -0.2) is 4.68 Å². The van der Waals surface area contributed by atoms with Crippen LogP contribution in [0.25, 0.3) is 11.3 Å². The molecule has 0 saturated heterocycles. The molecule has 1 N–H and O–H groups in total. The quantitative estimate of drug-likeness (QED) is 0.921. The average molecular weight is 311 g/mol. The molecule has 0 radical (unpaired) electrons. The van der Waals surface area contributed by atoms with Crippen LogP contribution in [0.5, 0.6) is 0 Å². The molecule has 1 aromatic carbocycles. The van der Waals surface area contributed by atoms with E-state index in [4.69, 9.17) is 0 Å². The van der Waals surface area contributed by atoms with Crippen LogP contribution in [0.1, 0.15) is 25.7 Å². The number of carbonyl (C=O) groups excluding carboxylic acids is 1. The predicted octanol–water partition coefficient (Wildman–Crippen LogP) is 2.22. The Bertz CT molecular complexity index is 719. The minimum Gasteiger partial charge on any atom is -0.354 e. The van der Waals surface area contributed by atoms with Crippen LogP contribution < -0.4 is 10.9 Å². The fourth-order valence-corrected chi connectivity index (χ4v) is 2.99. The Morgan fingerprint density at radius 1 is 1.13 bits per heavy atom. The highest BCUT2D eigenvalue weighted by Crippen LogP contribution is 2.24. The molecular formula is C18H21N3O2. The third-order valence-corrected chi connectivity index (χ3v) is 4.28. The summed E-state index contributed by atoms with van der Waals surface area (Å²) in [5, 5.41) is 7.31. The molecule has 1 aliphatic rings. The summed E-state index contributed by atoms with van der Waals surface area (Å²) in [6.45, 7) is 0.818. The van der Waals surface area contributed by atoms with Crippen LogP contribution in [0.15, 0.2) is 47.3 Å². The van der Waals surface area contributed by atoms with E-state index in [0.29, 0.717) is 13.1 Å². The molecule has 0 unspecified atom stereocenters. The SMILES string of the molecule is O=C(NCCn1nc(-c2ccccc2)ccc1=O)C1CCCC1. The van der Waals surface area contributed by atoms with Crippen molar-refractivity contribution in [2.75, 3.05) is 6.54 Å². The Morgan fingerprint density at radius 3 is 2.61 bits per heavy atom. The highest BCUT2D eigenvalue weighted by molar-refractivity contribution is 5.78. The van der Waals surface area contributed by atoms with E-state index in [9.17, 15) is 9.59 Å². The first-order valence-electron chi connectivity index (χ1n) is 8.15. The molecule has 1 aromatic heterocycles. The molecule has 0 atom stereocenters.